The molecule has 0 bridgehead atoms. The van der Waals surface area contributed by atoms with Crippen LogP contribution in [0.4, 0.5) is 26.3 Å². The van der Waals surface area contributed by atoms with Gasteiger partial charge in [0.05, 0.1) is 17.0 Å². The van der Waals surface area contributed by atoms with Crippen LogP contribution in [0.15, 0.2) is 60.0 Å². The summed E-state index contributed by atoms with van der Waals surface area (Å²) in [6.07, 6.45) is -9.66. The minimum atomic E-state index is -4.85. The summed E-state index contributed by atoms with van der Waals surface area (Å²) in [6, 6.07) is 12.1. The number of hydrogen-bond donors (Lipinski definition) is 1. The Bertz CT molecular complexity index is 1420. The fraction of sp³-hybridized carbons (Fsp3) is 0.167. The lowest BCUT2D eigenvalue weighted by molar-refractivity contribution is -0.275. The Hall–Kier alpha value is -4.00. The fourth-order valence-corrected chi connectivity index (χ4v) is 4.48. The van der Waals surface area contributed by atoms with Gasteiger partial charge in [-0.05, 0) is 55.0 Å². The first kappa shape index (κ1) is 26.1. The highest BCUT2D eigenvalue weighted by Crippen LogP contribution is 2.34. The number of hydrogen-bond acceptors (Lipinski definition) is 5. The zero-order valence-corrected chi connectivity index (χ0v) is 19.7. The van der Waals surface area contributed by atoms with E-state index in [0.29, 0.717) is 33.2 Å². The molecule has 2 aromatic carbocycles. The molecule has 6 nitrogen and oxygen atoms in total. The molecule has 0 unspecified atom stereocenters. The number of ether oxygens (including phenoxy) is 2. The Labute approximate surface area is 209 Å². The van der Waals surface area contributed by atoms with Gasteiger partial charge >= 0.3 is 12.7 Å². The average molecular weight is 541 g/mol. The summed E-state index contributed by atoms with van der Waals surface area (Å²) in [7, 11) is 0. The number of nitrogens with two attached hydrogens (primary N) is 1. The second-order valence-corrected chi connectivity index (χ2v) is 8.64. The minimum absolute atomic E-state index is 0.0832. The third kappa shape index (κ3) is 6.42. The number of halogens is 6. The van der Waals surface area contributed by atoms with Crippen LogP contribution in [0.5, 0.6) is 11.5 Å². The van der Waals surface area contributed by atoms with E-state index in [1.807, 2.05) is 0 Å². The lowest BCUT2D eigenvalue weighted by Gasteiger charge is -2.13. The quantitative estimate of drug-likeness (QED) is 0.270. The molecule has 0 radical (unpaired) electrons. The smallest absolute Gasteiger partial charge is 0.406 e. The third-order valence-electron chi connectivity index (χ3n) is 5.21. The van der Waals surface area contributed by atoms with Gasteiger partial charge in [-0.2, -0.15) is 0 Å². The zero-order chi connectivity index (χ0) is 27.0. The van der Waals surface area contributed by atoms with Crippen LogP contribution in [-0.2, 0) is 6.54 Å². The van der Waals surface area contributed by atoms with E-state index in [9.17, 15) is 31.1 Å². The maximum absolute atomic E-state index is 12.6. The standard InChI is InChI=1S/C24H17F6N3O3S/c1-13-18(21(31)34)10-20(33(13)11-14-3-2-4-17(9-14)36-24(28,29)30)19-12-37-22(32-19)15-5-7-16(8-6-15)35-23(25,26)27/h2-10,12H,11H2,1H3,(H2,31,34). The molecule has 4 aromatic rings. The van der Waals surface area contributed by atoms with E-state index in [1.165, 1.54) is 47.7 Å². The molecule has 37 heavy (non-hydrogen) atoms. The third-order valence-corrected chi connectivity index (χ3v) is 6.10. The van der Waals surface area contributed by atoms with Gasteiger partial charge in [0.25, 0.3) is 5.91 Å². The lowest BCUT2D eigenvalue weighted by atomic mass is 10.2. The predicted molar refractivity (Wildman–Crippen MR) is 123 cm³/mol. The molecule has 0 aliphatic heterocycles. The van der Waals surface area contributed by atoms with Gasteiger partial charge in [0.2, 0.25) is 0 Å². The van der Waals surface area contributed by atoms with Crippen molar-refractivity contribution in [1.29, 1.82) is 0 Å². The predicted octanol–water partition coefficient (Wildman–Crippen LogP) is 6.53. The maximum Gasteiger partial charge on any atom is 0.573 e. The number of aromatic nitrogens is 2. The van der Waals surface area contributed by atoms with Gasteiger partial charge in [-0.3, -0.25) is 4.79 Å². The molecule has 13 heteroatoms. The summed E-state index contributed by atoms with van der Waals surface area (Å²) in [4.78, 5) is 16.5. The number of primary amides is 1. The molecule has 0 saturated heterocycles. The first-order valence-corrected chi connectivity index (χ1v) is 11.3. The van der Waals surface area contributed by atoms with Crippen molar-refractivity contribution in [3.05, 3.63) is 76.8 Å². The number of amides is 1. The molecular weight excluding hydrogens is 524 g/mol. The van der Waals surface area contributed by atoms with Gasteiger partial charge in [0, 0.05) is 23.2 Å². The van der Waals surface area contributed by atoms with Gasteiger partial charge in [0.15, 0.2) is 0 Å². The molecule has 0 spiro atoms. The van der Waals surface area contributed by atoms with E-state index >= 15 is 0 Å². The number of rotatable bonds is 7. The Kier molecular flexibility index (Phi) is 6.91. The van der Waals surface area contributed by atoms with Crippen molar-refractivity contribution >= 4 is 17.2 Å². The van der Waals surface area contributed by atoms with Crippen molar-refractivity contribution < 1.29 is 40.6 Å². The molecule has 0 fully saturated rings. The molecule has 0 aliphatic carbocycles. The van der Waals surface area contributed by atoms with E-state index < -0.39 is 18.6 Å². The topological polar surface area (TPSA) is 79.4 Å². The van der Waals surface area contributed by atoms with Crippen LogP contribution in [0.25, 0.3) is 22.0 Å². The van der Waals surface area contributed by atoms with Crippen LogP contribution in [-0.4, -0.2) is 28.2 Å². The van der Waals surface area contributed by atoms with E-state index in [-0.39, 0.29) is 23.6 Å². The molecule has 2 N–H and O–H groups in total. The monoisotopic (exact) mass is 541 g/mol. The first-order chi connectivity index (χ1) is 17.3. The molecule has 4 rings (SSSR count). The zero-order valence-electron chi connectivity index (χ0n) is 18.9. The summed E-state index contributed by atoms with van der Waals surface area (Å²) in [5.74, 6) is -1.46. The molecule has 0 aliphatic rings. The number of benzene rings is 2. The van der Waals surface area contributed by atoms with Crippen LogP contribution in [0.1, 0.15) is 21.6 Å². The van der Waals surface area contributed by atoms with Gasteiger partial charge in [0.1, 0.15) is 16.5 Å². The highest BCUT2D eigenvalue weighted by molar-refractivity contribution is 7.13. The lowest BCUT2D eigenvalue weighted by Crippen LogP contribution is -2.17. The SMILES string of the molecule is Cc1c(C(N)=O)cc(-c2csc(-c3ccc(OC(F)(F)F)cc3)n2)n1Cc1cccc(OC(F)(F)F)c1. The first-order valence-electron chi connectivity index (χ1n) is 10.5. The molecule has 194 valence electrons. The van der Waals surface area contributed by atoms with Crippen LogP contribution in [0, 0.1) is 6.92 Å². The van der Waals surface area contributed by atoms with Crippen molar-refractivity contribution in [1.82, 2.24) is 9.55 Å². The Morgan fingerprint density at radius 2 is 1.62 bits per heavy atom. The van der Waals surface area contributed by atoms with E-state index in [2.05, 4.69) is 14.5 Å². The minimum Gasteiger partial charge on any atom is -0.406 e. The molecule has 2 heterocycles. The molecular formula is C24H17F6N3O3S. The van der Waals surface area contributed by atoms with Crippen molar-refractivity contribution in [2.24, 2.45) is 5.73 Å². The Morgan fingerprint density at radius 1 is 0.973 bits per heavy atom. The van der Waals surface area contributed by atoms with Crippen molar-refractivity contribution in [3.8, 4) is 33.5 Å². The summed E-state index contributed by atoms with van der Waals surface area (Å²) in [5.41, 5.74) is 8.12. The van der Waals surface area contributed by atoms with Crippen LogP contribution in [0.3, 0.4) is 0 Å². The van der Waals surface area contributed by atoms with E-state index in [0.717, 1.165) is 12.1 Å². The van der Waals surface area contributed by atoms with Crippen molar-refractivity contribution in [2.75, 3.05) is 0 Å². The maximum atomic E-state index is 12.6. The highest BCUT2D eigenvalue weighted by atomic mass is 32.1. The average Bonchev–Trinajstić information content (AvgIpc) is 3.38. The van der Waals surface area contributed by atoms with Crippen molar-refractivity contribution in [2.45, 2.75) is 26.2 Å². The molecule has 1 amide bonds. The second-order valence-electron chi connectivity index (χ2n) is 7.78. The van der Waals surface area contributed by atoms with Gasteiger partial charge < -0.3 is 19.8 Å². The van der Waals surface area contributed by atoms with Crippen LogP contribution < -0.4 is 15.2 Å². The van der Waals surface area contributed by atoms with Gasteiger partial charge in [-0.25, -0.2) is 4.98 Å². The fourth-order valence-electron chi connectivity index (χ4n) is 3.66. The Morgan fingerprint density at radius 3 is 2.24 bits per heavy atom. The number of carbonyl (C=O) groups excluding carboxylic acids is 1. The van der Waals surface area contributed by atoms with E-state index in [1.54, 1.807) is 22.9 Å². The second kappa shape index (κ2) is 9.81. The molecule has 2 aromatic heterocycles. The summed E-state index contributed by atoms with van der Waals surface area (Å²) in [6.45, 7) is 1.73. The number of alkyl halides is 6. The van der Waals surface area contributed by atoms with Crippen molar-refractivity contribution in [3.63, 3.8) is 0 Å². The largest absolute Gasteiger partial charge is 0.573 e. The van der Waals surface area contributed by atoms with Crippen LogP contribution >= 0.6 is 11.3 Å². The number of carbonyl (C=O) groups is 1. The summed E-state index contributed by atoms with van der Waals surface area (Å²) in [5, 5.41) is 2.18. The molecule has 0 saturated carbocycles. The number of thiazole rings is 1. The summed E-state index contributed by atoms with van der Waals surface area (Å²) >= 11 is 1.22. The van der Waals surface area contributed by atoms with Gasteiger partial charge in [-0.1, -0.05) is 12.1 Å². The molecule has 0 atom stereocenters. The highest BCUT2D eigenvalue weighted by Gasteiger charge is 2.32. The number of nitrogens with zero attached hydrogens (tertiary/aromatic N) is 2. The summed E-state index contributed by atoms with van der Waals surface area (Å²) < 4.78 is 84.7. The van der Waals surface area contributed by atoms with Gasteiger partial charge in [-0.15, -0.1) is 37.7 Å². The normalized spacial score (nSPS) is 12.0. The van der Waals surface area contributed by atoms with Crippen LogP contribution in [0.2, 0.25) is 0 Å². The Balaban J connectivity index is 1.66. The van der Waals surface area contributed by atoms with E-state index in [4.69, 9.17) is 5.73 Å².